The first-order valence-corrected chi connectivity index (χ1v) is 5.84. The Morgan fingerprint density at radius 3 is 2.36 bits per heavy atom. The predicted octanol–water partition coefficient (Wildman–Crippen LogP) is 3.07. The summed E-state index contributed by atoms with van der Waals surface area (Å²) in [4.78, 5) is 12.4. The molecule has 2 atom stereocenters. The van der Waals surface area contributed by atoms with Crippen molar-refractivity contribution in [2.45, 2.75) is 58.9 Å². The largest absolute Gasteiger partial charge is 0.345 e. The number of unbranched alkanes of at least 4 members (excludes halogenated alkanes) is 2. The third kappa shape index (κ3) is 4.64. The molecule has 0 aromatic heterocycles. The van der Waals surface area contributed by atoms with E-state index >= 15 is 0 Å². The molecule has 0 aromatic carbocycles. The molecule has 2 nitrogen and oxygen atoms in total. The highest BCUT2D eigenvalue weighted by Crippen LogP contribution is 2.20. The molecular weight excluding hydrogens is 174 g/mol. The molecule has 0 unspecified atom stereocenters. The minimum atomic E-state index is 0.384. The van der Waals surface area contributed by atoms with E-state index in [1.807, 2.05) is 7.05 Å². The first-order chi connectivity index (χ1) is 6.67. The van der Waals surface area contributed by atoms with Crippen LogP contribution in [0.15, 0.2) is 0 Å². The van der Waals surface area contributed by atoms with Gasteiger partial charge in [-0.15, -0.1) is 0 Å². The minimum Gasteiger partial charge on any atom is -0.345 e. The molecule has 1 amide bonds. The Hall–Kier alpha value is -0.530. The van der Waals surface area contributed by atoms with Gasteiger partial charge in [-0.2, -0.15) is 0 Å². The molecule has 0 aromatic rings. The van der Waals surface area contributed by atoms with Crippen LogP contribution in [0, 0.1) is 5.92 Å². The van der Waals surface area contributed by atoms with Gasteiger partial charge in [-0.05, 0) is 19.3 Å². The van der Waals surface area contributed by atoms with E-state index in [1.54, 1.807) is 4.90 Å². The van der Waals surface area contributed by atoms with Crippen LogP contribution in [0.5, 0.6) is 0 Å². The van der Waals surface area contributed by atoms with Crippen molar-refractivity contribution in [1.29, 1.82) is 0 Å². The van der Waals surface area contributed by atoms with Crippen molar-refractivity contribution in [3.05, 3.63) is 0 Å². The Balaban J connectivity index is 3.91. The van der Waals surface area contributed by atoms with Gasteiger partial charge < -0.3 is 4.90 Å². The summed E-state index contributed by atoms with van der Waals surface area (Å²) in [6, 6.07) is 0.384. The van der Waals surface area contributed by atoms with Gasteiger partial charge in [0.25, 0.3) is 0 Å². The molecule has 2 heteroatoms. The number of carbonyl (C=O) groups is 1. The fraction of sp³-hybridized carbons (Fsp3) is 0.917. The van der Waals surface area contributed by atoms with Gasteiger partial charge in [0.2, 0.25) is 6.41 Å². The van der Waals surface area contributed by atoms with Crippen LogP contribution in [-0.2, 0) is 4.79 Å². The van der Waals surface area contributed by atoms with E-state index < -0.39 is 0 Å². The molecule has 0 bridgehead atoms. The SMILES string of the molecule is CCCCC[C@H](CC)[C@@H](C)N(C)C=O. The fourth-order valence-corrected chi connectivity index (χ4v) is 1.87. The van der Waals surface area contributed by atoms with Crippen LogP contribution in [-0.4, -0.2) is 24.4 Å². The Morgan fingerprint density at radius 2 is 1.93 bits per heavy atom. The van der Waals surface area contributed by atoms with Gasteiger partial charge in [-0.1, -0.05) is 39.5 Å². The highest BCUT2D eigenvalue weighted by Gasteiger charge is 2.17. The maximum atomic E-state index is 10.6. The molecule has 14 heavy (non-hydrogen) atoms. The summed E-state index contributed by atoms with van der Waals surface area (Å²) in [5, 5.41) is 0. The van der Waals surface area contributed by atoms with Gasteiger partial charge in [-0.25, -0.2) is 0 Å². The lowest BCUT2D eigenvalue weighted by molar-refractivity contribution is -0.119. The first kappa shape index (κ1) is 13.5. The standard InChI is InChI=1S/C12H25NO/c1-5-7-8-9-12(6-2)11(3)13(4)10-14/h10-12H,5-9H2,1-4H3/t11-,12+/m1/s1. The van der Waals surface area contributed by atoms with E-state index in [0.717, 1.165) is 6.41 Å². The Kier molecular flexibility index (Phi) is 7.54. The van der Waals surface area contributed by atoms with Crippen molar-refractivity contribution in [3.8, 4) is 0 Å². The third-order valence-corrected chi connectivity index (χ3v) is 3.19. The van der Waals surface area contributed by atoms with Crippen molar-refractivity contribution in [3.63, 3.8) is 0 Å². The lowest BCUT2D eigenvalue weighted by Crippen LogP contribution is -2.34. The fourth-order valence-electron chi connectivity index (χ4n) is 1.87. The maximum absolute atomic E-state index is 10.6. The summed E-state index contributed by atoms with van der Waals surface area (Å²) in [6.45, 7) is 6.59. The molecule has 0 radical (unpaired) electrons. The van der Waals surface area contributed by atoms with Crippen LogP contribution in [0.25, 0.3) is 0 Å². The van der Waals surface area contributed by atoms with Gasteiger partial charge in [0.1, 0.15) is 0 Å². The van der Waals surface area contributed by atoms with Crippen LogP contribution >= 0.6 is 0 Å². The number of rotatable bonds is 8. The summed E-state index contributed by atoms with van der Waals surface area (Å²) in [7, 11) is 1.88. The normalized spacial score (nSPS) is 14.9. The molecule has 0 spiro atoms. The first-order valence-electron chi connectivity index (χ1n) is 5.84. The Bertz CT molecular complexity index is 147. The van der Waals surface area contributed by atoms with Crippen molar-refractivity contribution in [2.75, 3.05) is 7.05 Å². The summed E-state index contributed by atoms with van der Waals surface area (Å²) >= 11 is 0. The summed E-state index contributed by atoms with van der Waals surface area (Å²) in [6.07, 6.45) is 7.24. The molecule has 0 N–H and O–H groups in total. The van der Waals surface area contributed by atoms with Gasteiger partial charge in [0.15, 0.2) is 0 Å². The van der Waals surface area contributed by atoms with Crippen molar-refractivity contribution in [1.82, 2.24) is 4.90 Å². The zero-order valence-corrected chi connectivity index (χ0v) is 10.1. The molecule has 0 fully saturated rings. The lowest BCUT2D eigenvalue weighted by Gasteiger charge is -2.28. The van der Waals surface area contributed by atoms with E-state index in [0.29, 0.717) is 12.0 Å². The number of hydrogen-bond acceptors (Lipinski definition) is 1. The van der Waals surface area contributed by atoms with Crippen LogP contribution < -0.4 is 0 Å². The smallest absolute Gasteiger partial charge is 0.209 e. The average molecular weight is 199 g/mol. The average Bonchev–Trinajstić information content (AvgIpc) is 2.22. The van der Waals surface area contributed by atoms with E-state index in [2.05, 4.69) is 20.8 Å². The molecule has 0 saturated heterocycles. The minimum absolute atomic E-state index is 0.384. The second-order valence-corrected chi connectivity index (χ2v) is 4.18. The monoisotopic (exact) mass is 199 g/mol. The summed E-state index contributed by atoms with van der Waals surface area (Å²) in [5.74, 6) is 0.664. The van der Waals surface area contributed by atoms with Crippen LogP contribution in [0.3, 0.4) is 0 Å². The molecule has 0 aliphatic rings. The summed E-state index contributed by atoms with van der Waals surface area (Å²) in [5.41, 5.74) is 0. The molecule has 84 valence electrons. The van der Waals surface area contributed by atoms with Crippen LogP contribution in [0.1, 0.15) is 52.9 Å². The van der Waals surface area contributed by atoms with Gasteiger partial charge in [-0.3, -0.25) is 4.79 Å². The third-order valence-electron chi connectivity index (χ3n) is 3.19. The number of amides is 1. The Labute approximate surface area is 88.7 Å². The highest BCUT2D eigenvalue weighted by atomic mass is 16.1. The Morgan fingerprint density at radius 1 is 1.29 bits per heavy atom. The molecule has 0 aliphatic heterocycles. The molecule has 0 saturated carbocycles. The number of carbonyl (C=O) groups excluding carboxylic acids is 1. The zero-order valence-electron chi connectivity index (χ0n) is 10.1. The lowest BCUT2D eigenvalue weighted by atomic mass is 9.91. The molecular formula is C12H25NO. The van der Waals surface area contributed by atoms with E-state index in [9.17, 15) is 4.79 Å². The van der Waals surface area contributed by atoms with Gasteiger partial charge >= 0.3 is 0 Å². The molecule has 0 aliphatic carbocycles. The zero-order chi connectivity index (χ0) is 11.0. The topological polar surface area (TPSA) is 20.3 Å². The van der Waals surface area contributed by atoms with Crippen molar-refractivity contribution in [2.24, 2.45) is 5.92 Å². The molecule has 0 heterocycles. The van der Waals surface area contributed by atoms with Crippen molar-refractivity contribution >= 4 is 6.41 Å². The van der Waals surface area contributed by atoms with Gasteiger partial charge in [0, 0.05) is 13.1 Å². The second kappa shape index (κ2) is 7.84. The predicted molar refractivity (Wildman–Crippen MR) is 61.2 cm³/mol. The van der Waals surface area contributed by atoms with Gasteiger partial charge in [0.05, 0.1) is 0 Å². The maximum Gasteiger partial charge on any atom is 0.209 e. The number of nitrogens with zero attached hydrogens (tertiary/aromatic N) is 1. The van der Waals surface area contributed by atoms with E-state index in [-0.39, 0.29) is 0 Å². The van der Waals surface area contributed by atoms with Crippen LogP contribution in [0.2, 0.25) is 0 Å². The van der Waals surface area contributed by atoms with E-state index in [1.165, 1.54) is 32.1 Å². The number of hydrogen-bond donors (Lipinski definition) is 0. The quantitative estimate of drug-likeness (QED) is 0.434. The highest BCUT2D eigenvalue weighted by molar-refractivity contribution is 5.46. The summed E-state index contributed by atoms with van der Waals surface area (Å²) < 4.78 is 0. The van der Waals surface area contributed by atoms with E-state index in [4.69, 9.17) is 0 Å². The van der Waals surface area contributed by atoms with Crippen molar-refractivity contribution < 1.29 is 4.79 Å². The second-order valence-electron chi connectivity index (χ2n) is 4.18. The van der Waals surface area contributed by atoms with Crippen LogP contribution in [0.4, 0.5) is 0 Å². The molecule has 0 rings (SSSR count).